The molecule has 0 aliphatic heterocycles. The molecule has 1 N–H and O–H groups in total. The van der Waals surface area contributed by atoms with Gasteiger partial charge in [-0.1, -0.05) is 33.6 Å². The highest BCUT2D eigenvalue weighted by Crippen LogP contribution is 2.25. The Labute approximate surface area is 133 Å². The van der Waals surface area contributed by atoms with Crippen molar-refractivity contribution in [2.45, 2.75) is 20.8 Å². The quantitative estimate of drug-likeness (QED) is 0.890. The summed E-state index contributed by atoms with van der Waals surface area (Å²) in [6, 6.07) is 11.6. The van der Waals surface area contributed by atoms with Gasteiger partial charge in [0.25, 0.3) is 5.91 Å². The predicted molar refractivity (Wildman–Crippen MR) is 88.9 cm³/mol. The summed E-state index contributed by atoms with van der Waals surface area (Å²) >= 11 is 3.44. The number of hydrogen-bond donors (Lipinski definition) is 1. The summed E-state index contributed by atoms with van der Waals surface area (Å²) in [5, 5.41) is 2.90. The van der Waals surface area contributed by atoms with Crippen molar-refractivity contribution < 1.29 is 9.53 Å². The molecule has 0 saturated carbocycles. The van der Waals surface area contributed by atoms with Crippen LogP contribution in [-0.4, -0.2) is 12.5 Å². The summed E-state index contributed by atoms with van der Waals surface area (Å²) in [4.78, 5) is 12.0. The van der Waals surface area contributed by atoms with Crippen LogP contribution in [0.15, 0.2) is 40.9 Å². The summed E-state index contributed by atoms with van der Waals surface area (Å²) in [6.07, 6.45) is 0. The second-order valence-corrected chi connectivity index (χ2v) is 5.98. The first-order valence-electron chi connectivity index (χ1n) is 6.72. The molecule has 3 nitrogen and oxygen atoms in total. The molecule has 2 aromatic rings. The molecule has 0 unspecified atom stereocenters. The maximum Gasteiger partial charge on any atom is 0.262 e. The van der Waals surface area contributed by atoms with E-state index in [4.69, 9.17) is 4.74 Å². The smallest absolute Gasteiger partial charge is 0.262 e. The maximum absolute atomic E-state index is 12.0. The molecule has 0 aliphatic carbocycles. The average molecular weight is 348 g/mol. The van der Waals surface area contributed by atoms with Gasteiger partial charge in [-0.05, 0) is 56.2 Å². The summed E-state index contributed by atoms with van der Waals surface area (Å²) in [6.45, 7) is 5.94. The topological polar surface area (TPSA) is 38.3 Å². The lowest BCUT2D eigenvalue weighted by molar-refractivity contribution is -0.118. The van der Waals surface area contributed by atoms with Crippen molar-refractivity contribution in [3.05, 3.63) is 57.6 Å². The molecular formula is C17H18BrNO2. The Kier molecular flexibility index (Phi) is 5.02. The zero-order valence-corrected chi connectivity index (χ0v) is 14.0. The van der Waals surface area contributed by atoms with Gasteiger partial charge in [0, 0.05) is 10.2 Å². The van der Waals surface area contributed by atoms with E-state index in [1.165, 1.54) is 0 Å². The summed E-state index contributed by atoms with van der Waals surface area (Å²) < 4.78 is 6.48. The molecule has 0 atom stereocenters. The summed E-state index contributed by atoms with van der Waals surface area (Å²) in [5.41, 5.74) is 4.04. The summed E-state index contributed by atoms with van der Waals surface area (Å²) in [7, 11) is 0. The highest BCUT2D eigenvalue weighted by Gasteiger charge is 2.09. The first-order chi connectivity index (χ1) is 9.95. The molecular weight excluding hydrogens is 330 g/mol. The van der Waals surface area contributed by atoms with Gasteiger partial charge >= 0.3 is 0 Å². The lowest BCUT2D eigenvalue weighted by atomic mass is 10.1. The van der Waals surface area contributed by atoms with Gasteiger partial charge < -0.3 is 10.1 Å². The fourth-order valence-corrected chi connectivity index (χ4v) is 2.75. The number of ether oxygens (including phenoxy) is 1. The van der Waals surface area contributed by atoms with Crippen molar-refractivity contribution in [3.8, 4) is 5.75 Å². The van der Waals surface area contributed by atoms with Gasteiger partial charge in [-0.25, -0.2) is 0 Å². The van der Waals surface area contributed by atoms with Crippen LogP contribution < -0.4 is 10.1 Å². The number of aryl methyl sites for hydroxylation is 3. The molecule has 1 amide bonds. The SMILES string of the molecule is Cc1ccc(OCC(=O)Nc2c(C)cc(Br)cc2C)cc1. The Morgan fingerprint density at radius 1 is 1.10 bits per heavy atom. The Morgan fingerprint density at radius 3 is 2.24 bits per heavy atom. The maximum atomic E-state index is 12.0. The molecule has 4 heteroatoms. The van der Waals surface area contributed by atoms with Crippen molar-refractivity contribution in [2.75, 3.05) is 11.9 Å². The monoisotopic (exact) mass is 347 g/mol. The lowest BCUT2D eigenvalue weighted by Crippen LogP contribution is -2.21. The van der Waals surface area contributed by atoms with E-state index < -0.39 is 0 Å². The number of benzene rings is 2. The minimum absolute atomic E-state index is 0.00198. The van der Waals surface area contributed by atoms with Crippen molar-refractivity contribution in [2.24, 2.45) is 0 Å². The van der Waals surface area contributed by atoms with Gasteiger partial charge in [0.1, 0.15) is 5.75 Å². The van der Waals surface area contributed by atoms with Crippen LogP contribution >= 0.6 is 15.9 Å². The van der Waals surface area contributed by atoms with E-state index >= 15 is 0 Å². The average Bonchev–Trinajstić information content (AvgIpc) is 2.42. The minimum Gasteiger partial charge on any atom is -0.484 e. The predicted octanol–water partition coefficient (Wildman–Crippen LogP) is 4.39. The van der Waals surface area contributed by atoms with E-state index in [9.17, 15) is 4.79 Å². The molecule has 0 spiro atoms. The molecule has 0 radical (unpaired) electrons. The number of nitrogens with one attached hydrogen (secondary N) is 1. The normalized spacial score (nSPS) is 10.3. The van der Waals surface area contributed by atoms with E-state index in [1.807, 2.05) is 57.2 Å². The van der Waals surface area contributed by atoms with Crippen LogP contribution in [0, 0.1) is 20.8 Å². The molecule has 0 saturated heterocycles. The zero-order chi connectivity index (χ0) is 15.4. The number of anilines is 1. The number of carbonyl (C=O) groups excluding carboxylic acids is 1. The van der Waals surface area contributed by atoms with Crippen molar-refractivity contribution in [3.63, 3.8) is 0 Å². The minimum atomic E-state index is -0.163. The number of rotatable bonds is 4. The lowest BCUT2D eigenvalue weighted by Gasteiger charge is -2.13. The van der Waals surface area contributed by atoms with Crippen LogP contribution in [0.3, 0.4) is 0 Å². The van der Waals surface area contributed by atoms with Gasteiger partial charge in [0.05, 0.1) is 0 Å². The number of hydrogen-bond acceptors (Lipinski definition) is 2. The Bertz CT molecular complexity index is 627. The Morgan fingerprint density at radius 2 is 1.67 bits per heavy atom. The van der Waals surface area contributed by atoms with Crippen LogP contribution in [0.5, 0.6) is 5.75 Å². The fraction of sp³-hybridized carbons (Fsp3) is 0.235. The molecule has 21 heavy (non-hydrogen) atoms. The Balaban J connectivity index is 1.97. The molecule has 110 valence electrons. The van der Waals surface area contributed by atoms with Crippen LogP contribution in [0.2, 0.25) is 0 Å². The number of amides is 1. The number of carbonyl (C=O) groups is 1. The Hall–Kier alpha value is -1.81. The van der Waals surface area contributed by atoms with Gasteiger partial charge in [-0.15, -0.1) is 0 Å². The molecule has 0 fully saturated rings. The summed E-state index contributed by atoms with van der Waals surface area (Å²) in [5.74, 6) is 0.532. The van der Waals surface area contributed by atoms with Gasteiger partial charge in [-0.2, -0.15) is 0 Å². The molecule has 2 rings (SSSR count). The molecule has 0 aromatic heterocycles. The largest absolute Gasteiger partial charge is 0.484 e. The highest BCUT2D eigenvalue weighted by atomic mass is 79.9. The van der Waals surface area contributed by atoms with Crippen LogP contribution in [-0.2, 0) is 4.79 Å². The van der Waals surface area contributed by atoms with Crippen molar-refractivity contribution in [1.29, 1.82) is 0 Å². The first kappa shape index (κ1) is 15.6. The standard InChI is InChI=1S/C17H18BrNO2/c1-11-4-6-15(7-5-11)21-10-16(20)19-17-12(2)8-14(18)9-13(17)3/h4-9H,10H2,1-3H3,(H,19,20). The van der Waals surface area contributed by atoms with Crippen LogP contribution in [0.4, 0.5) is 5.69 Å². The zero-order valence-electron chi connectivity index (χ0n) is 12.4. The molecule has 0 bridgehead atoms. The number of halogens is 1. The molecule has 0 aliphatic rings. The van der Waals surface area contributed by atoms with E-state index in [-0.39, 0.29) is 12.5 Å². The van der Waals surface area contributed by atoms with Gasteiger partial charge in [0.15, 0.2) is 6.61 Å². The third-order valence-electron chi connectivity index (χ3n) is 3.15. The van der Waals surface area contributed by atoms with Crippen LogP contribution in [0.1, 0.15) is 16.7 Å². The fourth-order valence-electron chi connectivity index (χ4n) is 2.07. The van der Waals surface area contributed by atoms with Crippen LogP contribution in [0.25, 0.3) is 0 Å². The first-order valence-corrected chi connectivity index (χ1v) is 7.51. The molecule has 0 heterocycles. The third kappa shape index (κ3) is 4.33. The van der Waals surface area contributed by atoms with E-state index in [0.717, 1.165) is 26.9 Å². The van der Waals surface area contributed by atoms with Crippen molar-refractivity contribution in [1.82, 2.24) is 0 Å². The highest BCUT2D eigenvalue weighted by molar-refractivity contribution is 9.10. The van der Waals surface area contributed by atoms with Gasteiger partial charge in [-0.3, -0.25) is 4.79 Å². The van der Waals surface area contributed by atoms with Gasteiger partial charge in [0.2, 0.25) is 0 Å². The van der Waals surface area contributed by atoms with E-state index in [0.29, 0.717) is 5.75 Å². The van der Waals surface area contributed by atoms with Crippen molar-refractivity contribution >= 4 is 27.5 Å². The third-order valence-corrected chi connectivity index (χ3v) is 3.61. The van der Waals surface area contributed by atoms with E-state index in [2.05, 4.69) is 21.2 Å². The second kappa shape index (κ2) is 6.76. The molecule has 2 aromatic carbocycles. The second-order valence-electron chi connectivity index (χ2n) is 5.06. The van der Waals surface area contributed by atoms with E-state index in [1.54, 1.807) is 0 Å².